The van der Waals surface area contributed by atoms with Gasteiger partial charge in [0.15, 0.2) is 0 Å². The van der Waals surface area contributed by atoms with Crippen LogP contribution in [0.2, 0.25) is 0 Å². The molecule has 0 saturated carbocycles. The third-order valence-electron chi connectivity index (χ3n) is 1.27. The predicted octanol–water partition coefficient (Wildman–Crippen LogP) is 2.67. The minimum Gasteiger partial charge on any atom is -0.315 e. The Morgan fingerprint density at radius 2 is 1.60 bits per heavy atom. The summed E-state index contributed by atoms with van der Waals surface area (Å²) in [5.74, 6) is 0.830. The summed E-state index contributed by atoms with van der Waals surface area (Å²) in [7, 11) is 0. The van der Waals surface area contributed by atoms with E-state index in [1.807, 2.05) is 0 Å². The van der Waals surface area contributed by atoms with Crippen molar-refractivity contribution in [1.29, 1.82) is 0 Å². The van der Waals surface area contributed by atoms with Gasteiger partial charge in [0.05, 0.1) is 0 Å². The Morgan fingerprint density at radius 1 is 1.10 bits per heavy atom. The summed E-state index contributed by atoms with van der Waals surface area (Å²) in [5, 5.41) is 3.38. The van der Waals surface area contributed by atoms with Gasteiger partial charge in [-0.25, -0.2) is 0 Å². The summed E-state index contributed by atoms with van der Waals surface area (Å²) in [6.07, 6.45) is 1.29. The predicted molar refractivity (Wildman–Crippen MR) is 49.3 cm³/mol. The van der Waals surface area contributed by atoms with E-state index in [0.29, 0.717) is 6.04 Å². The number of nitrogens with one attached hydrogen (secondary N) is 1. The maximum Gasteiger partial charge on any atom is 0.00103 e. The topological polar surface area (TPSA) is 12.0 Å². The average Bonchev–Trinajstić information content (AvgIpc) is 1.63. The Bertz CT molecular complexity index is 49.7. The van der Waals surface area contributed by atoms with Crippen LogP contribution in [0.3, 0.4) is 0 Å². The summed E-state index contributed by atoms with van der Waals surface area (Å²) in [6.45, 7) is 10.0. The van der Waals surface area contributed by atoms with Crippen molar-refractivity contribution >= 4 is 0 Å². The van der Waals surface area contributed by atoms with Gasteiger partial charge in [0.2, 0.25) is 0 Å². The van der Waals surface area contributed by atoms with E-state index >= 15 is 0 Å². The molecule has 0 amide bonds. The standard InChI is InChI=1S/C8H19N.CH4/c1-7(2)5-6-9-8(3)4;/h7-9H,5-6H2,1-4H3;1H4. The molecule has 1 heteroatoms. The molecule has 0 spiro atoms. The van der Waals surface area contributed by atoms with E-state index in [1.54, 1.807) is 0 Å². The van der Waals surface area contributed by atoms with E-state index in [4.69, 9.17) is 0 Å². The summed E-state index contributed by atoms with van der Waals surface area (Å²) >= 11 is 0. The van der Waals surface area contributed by atoms with Crippen LogP contribution in [0.4, 0.5) is 0 Å². The second kappa shape index (κ2) is 7.07. The van der Waals surface area contributed by atoms with Gasteiger partial charge in [-0.05, 0) is 18.9 Å². The van der Waals surface area contributed by atoms with E-state index in [0.717, 1.165) is 12.5 Å². The summed E-state index contributed by atoms with van der Waals surface area (Å²) in [4.78, 5) is 0. The van der Waals surface area contributed by atoms with Crippen LogP contribution in [-0.2, 0) is 0 Å². The quantitative estimate of drug-likeness (QED) is 0.641. The third kappa shape index (κ3) is 10.9. The van der Waals surface area contributed by atoms with Crippen molar-refractivity contribution in [1.82, 2.24) is 5.32 Å². The van der Waals surface area contributed by atoms with Gasteiger partial charge in [-0.2, -0.15) is 0 Å². The van der Waals surface area contributed by atoms with Gasteiger partial charge in [-0.15, -0.1) is 0 Å². The van der Waals surface area contributed by atoms with E-state index in [-0.39, 0.29) is 7.43 Å². The van der Waals surface area contributed by atoms with Crippen LogP contribution in [0.15, 0.2) is 0 Å². The van der Waals surface area contributed by atoms with Crippen molar-refractivity contribution in [2.75, 3.05) is 6.54 Å². The van der Waals surface area contributed by atoms with E-state index in [1.165, 1.54) is 6.42 Å². The lowest BCUT2D eigenvalue weighted by molar-refractivity contribution is 0.504. The van der Waals surface area contributed by atoms with E-state index in [2.05, 4.69) is 33.0 Å². The van der Waals surface area contributed by atoms with Gasteiger partial charge in [0.25, 0.3) is 0 Å². The minimum atomic E-state index is 0. The Hall–Kier alpha value is -0.0400. The lowest BCUT2D eigenvalue weighted by atomic mass is 10.1. The molecule has 1 nitrogen and oxygen atoms in total. The fourth-order valence-electron chi connectivity index (χ4n) is 0.661. The average molecular weight is 145 g/mol. The van der Waals surface area contributed by atoms with Crippen LogP contribution in [0, 0.1) is 5.92 Å². The van der Waals surface area contributed by atoms with Crippen LogP contribution in [0.25, 0.3) is 0 Å². The molecular formula is C9H23N. The van der Waals surface area contributed by atoms with Gasteiger partial charge >= 0.3 is 0 Å². The summed E-state index contributed by atoms with van der Waals surface area (Å²) in [5.41, 5.74) is 0. The molecule has 0 atom stereocenters. The normalized spacial score (nSPS) is 10.2. The first-order valence-electron chi connectivity index (χ1n) is 3.86. The van der Waals surface area contributed by atoms with Crippen LogP contribution in [0.1, 0.15) is 41.5 Å². The Morgan fingerprint density at radius 3 is 1.90 bits per heavy atom. The van der Waals surface area contributed by atoms with Crippen molar-refractivity contribution < 1.29 is 0 Å². The molecule has 0 fully saturated rings. The summed E-state index contributed by atoms with van der Waals surface area (Å²) in [6, 6.07) is 0.642. The van der Waals surface area contributed by atoms with Gasteiger partial charge in [0.1, 0.15) is 0 Å². The molecule has 0 aromatic heterocycles. The zero-order chi connectivity index (χ0) is 7.28. The second-order valence-corrected chi connectivity index (χ2v) is 3.29. The van der Waals surface area contributed by atoms with Gasteiger partial charge in [0, 0.05) is 6.04 Å². The zero-order valence-corrected chi connectivity index (χ0v) is 7.07. The van der Waals surface area contributed by atoms with Crippen molar-refractivity contribution in [2.45, 2.75) is 47.6 Å². The van der Waals surface area contributed by atoms with Crippen molar-refractivity contribution in [2.24, 2.45) is 5.92 Å². The molecule has 0 unspecified atom stereocenters. The fourth-order valence-corrected chi connectivity index (χ4v) is 0.661. The van der Waals surface area contributed by atoms with E-state index in [9.17, 15) is 0 Å². The van der Waals surface area contributed by atoms with Crippen molar-refractivity contribution in [3.63, 3.8) is 0 Å². The molecule has 0 rings (SSSR count). The highest BCUT2D eigenvalue weighted by molar-refractivity contribution is 4.53. The molecule has 10 heavy (non-hydrogen) atoms. The van der Waals surface area contributed by atoms with E-state index < -0.39 is 0 Å². The molecule has 64 valence electrons. The number of hydrogen-bond donors (Lipinski definition) is 1. The third-order valence-corrected chi connectivity index (χ3v) is 1.27. The SMILES string of the molecule is C.CC(C)CCNC(C)C. The highest BCUT2D eigenvalue weighted by Crippen LogP contribution is 1.96. The molecule has 0 aromatic rings. The first kappa shape index (κ1) is 12.6. The first-order chi connectivity index (χ1) is 4.13. The van der Waals surface area contributed by atoms with Gasteiger partial charge in [-0.1, -0.05) is 35.1 Å². The Labute approximate surface area is 66.2 Å². The molecule has 0 aliphatic heterocycles. The zero-order valence-electron chi connectivity index (χ0n) is 7.07. The van der Waals surface area contributed by atoms with Crippen molar-refractivity contribution in [3.05, 3.63) is 0 Å². The largest absolute Gasteiger partial charge is 0.315 e. The maximum absolute atomic E-state index is 3.38. The molecule has 0 aromatic carbocycles. The lowest BCUT2D eigenvalue weighted by Gasteiger charge is -2.08. The number of rotatable bonds is 4. The Balaban J connectivity index is 0. The summed E-state index contributed by atoms with van der Waals surface area (Å²) < 4.78 is 0. The Kier molecular flexibility index (Phi) is 8.92. The lowest BCUT2D eigenvalue weighted by Crippen LogP contribution is -2.24. The second-order valence-electron chi connectivity index (χ2n) is 3.29. The molecule has 0 heterocycles. The number of hydrogen-bond acceptors (Lipinski definition) is 1. The molecular weight excluding hydrogens is 122 g/mol. The van der Waals surface area contributed by atoms with Crippen molar-refractivity contribution in [3.8, 4) is 0 Å². The molecule has 0 aliphatic rings. The van der Waals surface area contributed by atoms with Crippen LogP contribution in [-0.4, -0.2) is 12.6 Å². The smallest absolute Gasteiger partial charge is 0.00103 e. The van der Waals surface area contributed by atoms with Gasteiger partial charge in [-0.3, -0.25) is 0 Å². The molecule has 0 bridgehead atoms. The monoisotopic (exact) mass is 145 g/mol. The molecule has 0 radical (unpaired) electrons. The highest BCUT2D eigenvalue weighted by Gasteiger charge is 1.93. The molecule has 0 saturated heterocycles. The first-order valence-corrected chi connectivity index (χ1v) is 3.86. The molecule has 0 aliphatic carbocycles. The van der Waals surface area contributed by atoms with Crippen LogP contribution in [0.5, 0.6) is 0 Å². The minimum absolute atomic E-state index is 0. The maximum atomic E-state index is 3.38. The fraction of sp³-hybridized carbons (Fsp3) is 1.00. The molecule has 1 N–H and O–H groups in total. The van der Waals surface area contributed by atoms with Crippen LogP contribution >= 0.6 is 0 Å². The highest BCUT2D eigenvalue weighted by atomic mass is 14.9. The van der Waals surface area contributed by atoms with Gasteiger partial charge < -0.3 is 5.32 Å². The van der Waals surface area contributed by atoms with Crippen LogP contribution < -0.4 is 5.32 Å².